The van der Waals surface area contributed by atoms with Crippen molar-refractivity contribution in [1.29, 1.82) is 0 Å². The predicted molar refractivity (Wildman–Crippen MR) is 110 cm³/mol. The lowest BCUT2D eigenvalue weighted by molar-refractivity contribution is 0.0948. The summed E-state index contributed by atoms with van der Waals surface area (Å²) >= 11 is 0. The number of pyridine rings is 1. The van der Waals surface area contributed by atoms with E-state index in [4.69, 9.17) is 0 Å². The molecule has 0 bridgehead atoms. The second kappa shape index (κ2) is 8.69. The summed E-state index contributed by atoms with van der Waals surface area (Å²) < 4.78 is 3.52. The SMILES string of the molecule is Cc1ccn(CCC(C)C)c(=O)c1C(=O)NCc1ccccc1-n1ccnc1. The Labute approximate surface area is 164 Å². The van der Waals surface area contributed by atoms with Gasteiger partial charge in [-0.15, -0.1) is 0 Å². The minimum atomic E-state index is -0.346. The van der Waals surface area contributed by atoms with Crippen molar-refractivity contribution < 1.29 is 4.79 Å². The van der Waals surface area contributed by atoms with Gasteiger partial charge < -0.3 is 14.5 Å². The molecule has 0 saturated carbocycles. The fraction of sp³-hybridized carbons (Fsp3) is 0.318. The van der Waals surface area contributed by atoms with Crippen LogP contribution in [0.15, 0.2) is 60.0 Å². The first-order valence-electron chi connectivity index (χ1n) is 9.52. The van der Waals surface area contributed by atoms with Crippen LogP contribution in [0.25, 0.3) is 5.69 Å². The van der Waals surface area contributed by atoms with Gasteiger partial charge in [-0.25, -0.2) is 4.98 Å². The van der Waals surface area contributed by atoms with Gasteiger partial charge in [-0.2, -0.15) is 0 Å². The van der Waals surface area contributed by atoms with E-state index in [0.29, 0.717) is 24.6 Å². The maximum Gasteiger partial charge on any atom is 0.263 e. The molecule has 0 radical (unpaired) electrons. The maximum atomic E-state index is 12.8. The smallest absolute Gasteiger partial charge is 0.263 e. The van der Waals surface area contributed by atoms with Crippen LogP contribution in [0.4, 0.5) is 0 Å². The molecule has 28 heavy (non-hydrogen) atoms. The molecule has 6 heteroatoms. The third-order valence-corrected chi connectivity index (χ3v) is 4.76. The molecule has 1 amide bonds. The van der Waals surface area contributed by atoms with E-state index in [-0.39, 0.29) is 17.0 Å². The highest BCUT2D eigenvalue weighted by molar-refractivity contribution is 5.95. The second-order valence-electron chi connectivity index (χ2n) is 7.34. The zero-order valence-electron chi connectivity index (χ0n) is 16.6. The van der Waals surface area contributed by atoms with Gasteiger partial charge in [-0.3, -0.25) is 9.59 Å². The topological polar surface area (TPSA) is 68.9 Å². The second-order valence-corrected chi connectivity index (χ2v) is 7.34. The molecule has 3 aromatic rings. The van der Waals surface area contributed by atoms with E-state index < -0.39 is 0 Å². The van der Waals surface area contributed by atoms with Crippen LogP contribution >= 0.6 is 0 Å². The van der Waals surface area contributed by atoms with Crippen molar-refractivity contribution in [2.24, 2.45) is 5.92 Å². The molecule has 3 rings (SSSR count). The van der Waals surface area contributed by atoms with Crippen LogP contribution in [0.5, 0.6) is 0 Å². The number of imidazole rings is 1. The van der Waals surface area contributed by atoms with Crippen LogP contribution in [0.1, 0.15) is 41.8 Å². The molecule has 0 spiro atoms. The Morgan fingerprint density at radius 1 is 1.18 bits per heavy atom. The van der Waals surface area contributed by atoms with Crippen molar-refractivity contribution in [3.05, 3.63) is 82.3 Å². The molecule has 146 valence electrons. The molecule has 6 nitrogen and oxygen atoms in total. The number of nitrogens with zero attached hydrogens (tertiary/aromatic N) is 3. The number of benzene rings is 1. The van der Waals surface area contributed by atoms with Crippen LogP contribution < -0.4 is 10.9 Å². The number of carbonyl (C=O) groups is 1. The number of hydrogen-bond acceptors (Lipinski definition) is 3. The molecule has 0 aliphatic carbocycles. The Hall–Kier alpha value is -3.15. The average Bonchev–Trinajstić information content (AvgIpc) is 3.20. The molecule has 0 atom stereocenters. The maximum absolute atomic E-state index is 12.8. The predicted octanol–water partition coefficient (Wildman–Crippen LogP) is 3.32. The van der Waals surface area contributed by atoms with Gasteiger partial charge in [0.05, 0.1) is 12.0 Å². The largest absolute Gasteiger partial charge is 0.348 e. The van der Waals surface area contributed by atoms with Crippen molar-refractivity contribution in [3.8, 4) is 5.69 Å². The third-order valence-electron chi connectivity index (χ3n) is 4.76. The minimum Gasteiger partial charge on any atom is -0.348 e. The standard InChI is InChI=1S/C22H26N4O2/c1-16(2)8-11-25-12-9-17(3)20(22(25)28)21(27)24-14-18-6-4-5-7-19(18)26-13-10-23-15-26/h4-7,9-10,12-13,15-16H,8,11,14H2,1-3H3,(H,24,27). The summed E-state index contributed by atoms with van der Waals surface area (Å²) in [6.07, 6.45) is 7.95. The van der Waals surface area contributed by atoms with Gasteiger partial charge in [0.15, 0.2) is 0 Å². The molecule has 1 aromatic carbocycles. The van der Waals surface area contributed by atoms with Crippen molar-refractivity contribution >= 4 is 5.91 Å². The molecule has 0 fully saturated rings. The zero-order valence-corrected chi connectivity index (χ0v) is 16.6. The Morgan fingerprint density at radius 3 is 2.68 bits per heavy atom. The van der Waals surface area contributed by atoms with Crippen molar-refractivity contribution in [2.45, 2.75) is 40.3 Å². The fourth-order valence-corrected chi connectivity index (χ4v) is 3.09. The molecule has 0 aliphatic rings. The van der Waals surface area contributed by atoms with Gasteiger partial charge >= 0.3 is 0 Å². The Balaban J connectivity index is 1.80. The van der Waals surface area contributed by atoms with Crippen LogP contribution in [0.2, 0.25) is 0 Å². The minimum absolute atomic E-state index is 0.214. The summed E-state index contributed by atoms with van der Waals surface area (Å²) in [6.45, 7) is 6.96. The molecule has 1 N–H and O–H groups in total. The van der Waals surface area contributed by atoms with Crippen LogP contribution in [0.3, 0.4) is 0 Å². The first-order valence-corrected chi connectivity index (χ1v) is 9.52. The van der Waals surface area contributed by atoms with E-state index in [9.17, 15) is 9.59 Å². The summed E-state index contributed by atoms with van der Waals surface area (Å²) in [7, 11) is 0. The van der Waals surface area contributed by atoms with Crippen molar-refractivity contribution in [2.75, 3.05) is 0 Å². The lowest BCUT2D eigenvalue weighted by atomic mass is 10.1. The monoisotopic (exact) mass is 378 g/mol. The molecular formula is C22H26N4O2. The van der Waals surface area contributed by atoms with E-state index >= 15 is 0 Å². The lowest BCUT2D eigenvalue weighted by Gasteiger charge is -2.14. The van der Waals surface area contributed by atoms with E-state index in [1.807, 2.05) is 41.1 Å². The van der Waals surface area contributed by atoms with Gasteiger partial charge in [0.1, 0.15) is 5.56 Å². The van der Waals surface area contributed by atoms with E-state index in [0.717, 1.165) is 17.7 Å². The number of amides is 1. The molecule has 2 aromatic heterocycles. The fourth-order valence-electron chi connectivity index (χ4n) is 3.09. The van der Waals surface area contributed by atoms with Gasteiger partial charge in [-0.05, 0) is 42.5 Å². The quantitative estimate of drug-likeness (QED) is 0.686. The van der Waals surface area contributed by atoms with Crippen molar-refractivity contribution in [1.82, 2.24) is 19.4 Å². The number of rotatable bonds is 7. The van der Waals surface area contributed by atoms with Crippen LogP contribution in [-0.4, -0.2) is 20.0 Å². The molecule has 0 saturated heterocycles. The van der Waals surface area contributed by atoms with Gasteiger partial charge in [0.2, 0.25) is 0 Å². The highest BCUT2D eigenvalue weighted by Gasteiger charge is 2.16. The molecular weight excluding hydrogens is 352 g/mol. The first kappa shape index (κ1) is 19.6. The summed E-state index contributed by atoms with van der Waals surface area (Å²) in [5, 5.41) is 2.91. The van der Waals surface area contributed by atoms with E-state index in [1.165, 1.54) is 0 Å². The number of carbonyl (C=O) groups excluding carboxylic acids is 1. The Morgan fingerprint density at radius 2 is 1.96 bits per heavy atom. The third kappa shape index (κ3) is 4.39. The summed E-state index contributed by atoms with van der Waals surface area (Å²) in [6, 6.07) is 9.62. The first-order chi connectivity index (χ1) is 13.5. The molecule has 2 heterocycles. The molecule has 0 aliphatic heterocycles. The lowest BCUT2D eigenvalue weighted by Crippen LogP contribution is -2.34. The highest BCUT2D eigenvalue weighted by atomic mass is 16.2. The van der Waals surface area contributed by atoms with Crippen molar-refractivity contribution in [3.63, 3.8) is 0 Å². The highest BCUT2D eigenvalue weighted by Crippen LogP contribution is 2.14. The van der Waals surface area contributed by atoms with Crippen LogP contribution in [-0.2, 0) is 13.1 Å². The van der Waals surface area contributed by atoms with Gasteiger partial charge in [0, 0.05) is 31.7 Å². The number of hydrogen-bond donors (Lipinski definition) is 1. The normalized spacial score (nSPS) is 11.0. The zero-order chi connectivity index (χ0) is 20.1. The number of nitrogens with one attached hydrogen (secondary N) is 1. The van der Waals surface area contributed by atoms with Gasteiger partial charge in [0.25, 0.3) is 11.5 Å². The number of aromatic nitrogens is 3. The number of aryl methyl sites for hydroxylation is 2. The number of para-hydroxylation sites is 1. The summed E-state index contributed by atoms with van der Waals surface area (Å²) in [5.41, 5.74) is 2.56. The Bertz CT molecular complexity index is 1000. The summed E-state index contributed by atoms with van der Waals surface area (Å²) in [4.78, 5) is 29.7. The Kier molecular flexibility index (Phi) is 6.09. The summed E-state index contributed by atoms with van der Waals surface area (Å²) in [5.74, 6) is 0.145. The van der Waals surface area contributed by atoms with Gasteiger partial charge in [-0.1, -0.05) is 32.0 Å². The molecule has 0 unspecified atom stereocenters. The van der Waals surface area contributed by atoms with E-state index in [1.54, 1.807) is 30.2 Å². The average molecular weight is 378 g/mol. The van der Waals surface area contributed by atoms with E-state index in [2.05, 4.69) is 24.1 Å². The van der Waals surface area contributed by atoms with Crippen LogP contribution in [0, 0.1) is 12.8 Å².